The minimum atomic E-state index is 0.000475. The van der Waals surface area contributed by atoms with Crippen LogP contribution < -0.4 is 0 Å². The molecule has 1 aromatic heterocycles. The Kier molecular flexibility index (Phi) is 3.42. The molecule has 0 N–H and O–H groups in total. The summed E-state index contributed by atoms with van der Waals surface area (Å²) in [5.41, 5.74) is 2.32. The number of carbonyl (C=O) groups excluding carboxylic acids is 1. The number of ketones is 1. The molecule has 0 spiro atoms. The Morgan fingerprint density at radius 3 is 3.04 bits per heavy atom. The predicted molar refractivity (Wildman–Crippen MR) is 89.8 cm³/mol. The maximum atomic E-state index is 12.5. The molecule has 0 saturated heterocycles. The van der Waals surface area contributed by atoms with Crippen LogP contribution in [0, 0.1) is 0 Å². The SMILES string of the molecule is O=C(CC1=Nc2ccc(Cl)cc2C2=NCCN12)c1cccnc1. The number of hydrogen-bond donors (Lipinski definition) is 0. The van der Waals surface area contributed by atoms with E-state index in [-0.39, 0.29) is 12.2 Å². The summed E-state index contributed by atoms with van der Waals surface area (Å²) < 4.78 is 0. The first-order chi connectivity index (χ1) is 11.2. The summed E-state index contributed by atoms with van der Waals surface area (Å²) >= 11 is 6.08. The van der Waals surface area contributed by atoms with Gasteiger partial charge >= 0.3 is 0 Å². The van der Waals surface area contributed by atoms with Gasteiger partial charge in [0.25, 0.3) is 0 Å². The van der Waals surface area contributed by atoms with Crippen molar-refractivity contribution in [3.05, 3.63) is 58.9 Å². The minimum absolute atomic E-state index is 0.000475. The largest absolute Gasteiger partial charge is 0.312 e. The molecule has 2 aliphatic heterocycles. The topological polar surface area (TPSA) is 57.9 Å². The summed E-state index contributed by atoms with van der Waals surface area (Å²) in [7, 11) is 0. The average molecular weight is 325 g/mol. The maximum Gasteiger partial charge on any atom is 0.171 e. The van der Waals surface area contributed by atoms with Crippen LogP contribution in [0.2, 0.25) is 5.02 Å². The van der Waals surface area contributed by atoms with Gasteiger partial charge in [0.15, 0.2) is 5.78 Å². The van der Waals surface area contributed by atoms with Crippen LogP contribution in [-0.2, 0) is 0 Å². The second-order valence-corrected chi connectivity index (χ2v) is 5.82. The van der Waals surface area contributed by atoms with Gasteiger partial charge < -0.3 is 4.90 Å². The van der Waals surface area contributed by atoms with Gasteiger partial charge in [0.2, 0.25) is 0 Å². The number of pyridine rings is 1. The molecule has 2 aliphatic rings. The Morgan fingerprint density at radius 2 is 2.22 bits per heavy atom. The van der Waals surface area contributed by atoms with Gasteiger partial charge in [0.05, 0.1) is 18.7 Å². The molecule has 0 atom stereocenters. The lowest BCUT2D eigenvalue weighted by atomic mass is 10.1. The minimum Gasteiger partial charge on any atom is -0.312 e. The number of carbonyl (C=O) groups is 1. The van der Waals surface area contributed by atoms with E-state index in [4.69, 9.17) is 11.6 Å². The Labute approximate surface area is 138 Å². The van der Waals surface area contributed by atoms with E-state index >= 15 is 0 Å². The van der Waals surface area contributed by atoms with Crippen molar-refractivity contribution in [2.24, 2.45) is 9.98 Å². The van der Waals surface area contributed by atoms with Crippen LogP contribution in [0.15, 0.2) is 52.7 Å². The predicted octanol–water partition coefficient (Wildman–Crippen LogP) is 3.11. The first kappa shape index (κ1) is 14.1. The molecule has 114 valence electrons. The first-order valence-corrected chi connectivity index (χ1v) is 7.73. The molecular formula is C17H13ClN4O. The number of aliphatic imine (C=N–C) groups is 2. The van der Waals surface area contributed by atoms with E-state index in [2.05, 4.69) is 15.0 Å². The Hall–Kier alpha value is -2.53. The van der Waals surface area contributed by atoms with Gasteiger partial charge in [0.1, 0.15) is 11.7 Å². The molecule has 23 heavy (non-hydrogen) atoms. The normalized spacial score (nSPS) is 15.6. The quantitative estimate of drug-likeness (QED) is 0.815. The molecule has 4 rings (SSSR count). The fourth-order valence-electron chi connectivity index (χ4n) is 2.82. The third-order valence-electron chi connectivity index (χ3n) is 3.90. The lowest BCUT2D eigenvalue weighted by Crippen LogP contribution is -2.38. The molecular weight excluding hydrogens is 312 g/mol. The molecule has 6 heteroatoms. The summed E-state index contributed by atoms with van der Waals surface area (Å²) in [4.78, 5) is 27.7. The smallest absolute Gasteiger partial charge is 0.171 e. The molecule has 3 heterocycles. The third kappa shape index (κ3) is 2.53. The fourth-order valence-corrected chi connectivity index (χ4v) is 2.99. The third-order valence-corrected chi connectivity index (χ3v) is 4.14. The van der Waals surface area contributed by atoms with Crippen LogP contribution >= 0.6 is 11.6 Å². The Balaban J connectivity index is 1.70. The van der Waals surface area contributed by atoms with Gasteiger partial charge in [0, 0.05) is 35.1 Å². The summed E-state index contributed by atoms with van der Waals surface area (Å²) in [6, 6.07) is 9.07. The van der Waals surface area contributed by atoms with Crippen molar-refractivity contribution in [3.63, 3.8) is 0 Å². The standard InChI is InChI=1S/C17H13ClN4O/c18-12-3-4-14-13(8-12)17-20-6-7-22(17)16(21-14)9-15(23)11-2-1-5-19-10-11/h1-5,8,10H,6-7,9H2. The lowest BCUT2D eigenvalue weighted by Gasteiger charge is -2.27. The second kappa shape index (κ2) is 5.59. The van der Waals surface area contributed by atoms with Crippen molar-refractivity contribution in [1.82, 2.24) is 9.88 Å². The number of fused-ring (bicyclic) bond motifs is 3. The van der Waals surface area contributed by atoms with Crippen LogP contribution in [0.3, 0.4) is 0 Å². The number of Topliss-reactive ketones (excluding diaryl/α,β-unsaturated/α-hetero) is 1. The zero-order chi connectivity index (χ0) is 15.8. The molecule has 0 amide bonds. The molecule has 2 aromatic rings. The van der Waals surface area contributed by atoms with Crippen molar-refractivity contribution in [2.45, 2.75) is 6.42 Å². The van der Waals surface area contributed by atoms with E-state index in [0.29, 0.717) is 17.1 Å². The van der Waals surface area contributed by atoms with E-state index in [1.165, 1.54) is 0 Å². The number of halogens is 1. The fraction of sp³-hybridized carbons (Fsp3) is 0.176. The van der Waals surface area contributed by atoms with Crippen molar-refractivity contribution in [3.8, 4) is 0 Å². The van der Waals surface area contributed by atoms with Crippen molar-refractivity contribution >= 4 is 34.7 Å². The van der Waals surface area contributed by atoms with Gasteiger partial charge in [-0.3, -0.25) is 14.8 Å². The maximum absolute atomic E-state index is 12.5. The van der Waals surface area contributed by atoms with Gasteiger partial charge in [-0.1, -0.05) is 11.6 Å². The van der Waals surface area contributed by atoms with Gasteiger partial charge in [-0.2, -0.15) is 0 Å². The van der Waals surface area contributed by atoms with E-state index in [1.54, 1.807) is 30.6 Å². The highest BCUT2D eigenvalue weighted by molar-refractivity contribution is 6.31. The number of nitrogens with zero attached hydrogens (tertiary/aromatic N) is 4. The summed E-state index contributed by atoms with van der Waals surface area (Å²) in [6.07, 6.45) is 3.46. The Morgan fingerprint density at radius 1 is 1.30 bits per heavy atom. The zero-order valence-corrected chi connectivity index (χ0v) is 13.0. The molecule has 0 fully saturated rings. The summed E-state index contributed by atoms with van der Waals surface area (Å²) in [5.74, 6) is 1.58. The second-order valence-electron chi connectivity index (χ2n) is 5.39. The number of aromatic nitrogens is 1. The van der Waals surface area contributed by atoms with E-state index in [9.17, 15) is 4.79 Å². The van der Waals surface area contributed by atoms with Gasteiger partial charge in [-0.15, -0.1) is 0 Å². The molecule has 0 unspecified atom stereocenters. The summed E-state index contributed by atoms with van der Waals surface area (Å²) in [5, 5.41) is 0.656. The molecule has 0 aliphatic carbocycles. The van der Waals surface area contributed by atoms with E-state index in [0.717, 1.165) is 29.5 Å². The highest BCUT2D eigenvalue weighted by Gasteiger charge is 2.30. The number of rotatable bonds is 3. The number of benzene rings is 1. The zero-order valence-electron chi connectivity index (χ0n) is 12.2. The monoisotopic (exact) mass is 324 g/mol. The number of amidine groups is 2. The highest BCUT2D eigenvalue weighted by atomic mass is 35.5. The van der Waals surface area contributed by atoms with E-state index < -0.39 is 0 Å². The van der Waals surface area contributed by atoms with Crippen LogP contribution in [0.4, 0.5) is 5.69 Å². The van der Waals surface area contributed by atoms with Crippen LogP contribution in [0.5, 0.6) is 0 Å². The van der Waals surface area contributed by atoms with Gasteiger partial charge in [-0.25, -0.2) is 4.99 Å². The van der Waals surface area contributed by atoms with Crippen molar-refractivity contribution in [2.75, 3.05) is 13.1 Å². The molecule has 0 saturated carbocycles. The van der Waals surface area contributed by atoms with Crippen LogP contribution in [0.25, 0.3) is 0 Å². The van der Waals surface area contributed by atoms with E-state index in [1.807, 2.05) is 17.0 Å². The number of hydrogen-bond acceptors (Lipinski definition) is 5. The van der Waals surface area contributed by atoms with Gasteiger partial charge in [-0.05, 0) is 30.3 Å². The first-order valence-electron chi connectivity index (χ1n) is 7.35. The Bertz CT molecular complexity index is 845. The average Bonchev–Trinajstić information content (AvgIpc) is 3.06. The van der Waals surface area contributed by atoms with Crippen LogP contribution in [-0.4, -0.2) is 40.4 Å². The summed E-state index contributed by atoms with van der Waals surface area (Å²) in [6.45, 7) is 1.43. The highest BCUT2D eigenvalue weighted by Crippen LogP contribution is 2.31. The molecule has 1 aromatic carbocycles. The molecule has 5 nitrogen and oxygen atoms in total. The molecule has 0 bridgehead atoms. The van der Waals surface area contributed by atoms with Crippen LogP contribution in [0.1, 0.15) is 22.3 Å². The van der Waals surface area contributed by atoms with Crippen molar-refractivity contribution in [1.29, 1.82) is 0 Å². The van der Waals surface area contributed by atoms with Crippen molar-refractivity contribution < 1.29 is 4.79 Å². The lowest BCUT2D eigenvalue weighted by molar-refractivity contribution is 0.0998. The molecule has 0 radical (unpaired) electrons.